The molecule has 0 radical (unpaired) electrons. The molecule has 1 N–H and O–H groups in total. The molecule has 1 amide bonds. The highest BCUT2D eigenvalue weighted by molar-refractivity contribution is 5.92. The van der Waals surface area contributed by atoms with Crippen LogP contribution in [0.25, 0.3) is 16.6 Å². The van der Waals surface area contributed by atoms with Crippen LogP contribution in [0.1, 0.15) is 35.0 Å². The Morgan fingerprint density at radius 1 is 1.16 bits per heavy atom. The zero-order chi connectivity index (χ0) is 22.8. The lowest BCUT2D eigenvalue weighted by atomic mass is 10.0. The number of carbonyl (C=O) groups is 1. The van der Waals surface area contributed by atoms with Gasteiger partial charge in [-0.05, 0) is 69.8 Å². The maximum atomic E-state index is 13.6. The number of amides is 1. The lowest BCUT2D eigenvalue weighted by molar-refractivity contribution is -0.121. The summed E-state index contributed by atoms with van der Waals surface area (Å²) < 4.78 is 15.5. The largest absolute Gasteiger partial charge is 0.354 e. The molecule has 0 aliphatic carbocycles. The first-order chi connectivity index (χ1) is 15.3. The molecule has 0 saturated heterocycles. The van der Waals surface area contributed by atoms with E-state index in [1.165, 1.54) is 12.1 Å². The number of nitrogens with zero attached hydrogens (tertiary/aromatic N) is 4. The second-order valence-corrected chi connectivity index (χ2v) is 8.35. The molecular formula is C25H28FN5O. The first kappa shape index (κ1) is 21.9. The summed E-state index contributed by atoms with van der Waals surface area (Å²) in [6.45, 7) is 4.41. The van der Waals surface area contributed by atoms with Crippen LogP contribution in [-0.4, -0.2) is 46.0 Å². The van der Waals surface area contributed by atoms with Gasteiger partial charge >= 0.3 is 0 Å². The van der Waals surface area contributed by atoms with Crippen LogP contribution in [0.5, 0.6) is 0 Å². The smallest absolute Gasteiger partial charge is 0.220 e. The molecule has 1 unspecified atom stereocenters. The summed E-state index contributed by atoms with van der Waals surface area (Å²) in [4.78, 5) is 19.4. The molecule has 2 aromatic heterocycles. The fourth-order valence-electron chi connectivity index (χ4n) is 4.19. The van der Waals surface area contributed by atoms with Crippen LogP contribution in [0.3, 0.4) is 0 Å². The van der Waals surface area contributed by atoms with Crippen molar-refractivity contribution < 1.29 is 9.18 Å². The summed E-state index contributed by atoms with van der Waals surface area (Å²) in [5.41, 5.74) is 5.54. The zero-order valence-corrected chi connectivity index (χ0v) is 18.9. The predicted molar refractivity (Wildman–Crippen MR) is 124 cm³/mol. The maximum absolute atomic E-state index is 13.6. The van der Waals surface area contributed by atoms with Gasteiger partial charge in [0.1, 0.15) is 5.82 Å². The van der Waals surface area contributed by atoms with Crippen molar-refractivity contribution in [2.24, 2.45) is 0 Å². The summed E-state index contributed by atoms with van der Waals surface area (Å²) in [6, 6.07) is 14.4. The summed E-state index contributed by atoms with van der Waals surface area (Å²) in [6.07, 6.45) is 0.925. The van der Waals surface area contributed by atoms with Crippen molar-refractivity contribution >= 4 is 22.5 Å². The summed E-state index contributed by atoms with van der Waals surface area (Å²) in [5, 5.41) is 8.71. The van der Waals surface area contributed by atoms with Gasteiger partial charge < -0.3 is 10.2 Å². The molecule has 6 nitrogen and oxygen atoms in total. The highest BCUT2D eigenvalue weighted by atomic mass is 19.1. The van der Waals surface area contributed by atoms with Crippen LogP contribution in [-0.2, 0) is 11.2 Å². The van der Waals surface area contributed by atoms with Crippen molar-refractivity contribution in [3.05, 3.63) is 76.9 Å². The van der Waals surface area contributed by atoms with Gasteiger partial charge in [-0.2, -0.15) is 5.10 Å². The number of carbonyl (C=O) groups excluding carboxylic acids is 1. The molecule has 4 rings (SSSR count). The number of hydrogen-bond donors (Lipinski definition) is 1. The number of nitrogens with one attached hydrogen (secondary N) is 1. The molecule has 0 fully saturated rings. The number of hydrogen-bond acceptors (Lipinski definition) is 4. The van der Waals surface area contributed by atoms with E-state index >= 15 is 0 Å². The van der Waals surface area contributed by atoms with Crippen LogP contribution < -0.4 is 5.32 Å². The Morgan fingerprint density at radius 3 is 2.69 bits per heavy atom. The van der Waals surface area contributed by atoms with Gasteiger partial charge in [0, 0.05) is 29.7 Å². The SMILES string of the molecule is Cc1nc2c3ccccc3nn2c(C)c1CCC(=O)NCC(c1cccc(F)c1)N(C)C. The third-order valence-electron chi connectivity index (χ3n) is 5.97. The van der Waals surface area contributed by atoms with Gasteiger partial charge in [0.05, 0.1) is 11.6 Å². The number of aryl methyl sites for hydroxylation is 2. The number of likely N-dealkylation sites (N-methyl/N-ethyl adjacent to an activating group) is 1. The van der Waals surface area contributed by atoms with E-state index in [9.17, 15) is 9.18 Å². The number of halogens is 1. The standard InChI is InChI=1S/C25H28FN5O/c1-16-20(17(2)31-25(28-16)21-10-5-6-11-22(21)29-31)12-13-24(32)27-15-23(30(3)4)18-8-7-9-19(26)14-18/h5-11,14,23H,12-13,15H2,1-4H3,(H,27,32). The summed E-state index contributed by atoms with van der Waals surface area (Å²) >= 11 is 0. The van der Waals surface area contributed by atoms with Crippen molar-refractivity contribution in [2.75, 3.05) is 20.6 Å². The second kappa shape index (κ2) is 9.04. The van der Waals surface area contributed by atoms with E-state index in [1.54, 1.807) is 6.07 Å². The van der Waals surface area contributed by atoms with Gasteiger partial charge in [-0.25, -0.2) is 13.9 Å². The molecule has 4 aromatic rings. The topological polar surface area (TPSA) is 62.5 Å². The van der Waals surface area contributed by atoms with Crippen LogP contribution in [0, 0.1) is 19.7 Å². The summed E-state index contributed by atoms with van der Waals surface area (Å²) in [7, 11) is 3.84. The molecule has 32 heavy (non-hydrogen) atoms. The Bertz CT molecular complexity index is 1280. The lowest BCUT2D eigenvalue weighted by Gasteiger charge is -2.25. The Balaban J connectivity index is 1.46. The Morgan fingerprint density at radius 2 is 1.94 bits per heavy atom. The van der Waals surface area contributed by atoms with E-state index in [0.29, 0.717) is 19.4 Å². The van der Waals surface area contributed by atoms with Crippen LogP contribution in [0.2, 0.25) is 0 Å². The molecule has 1 atom stereocenters. The second-order valence-electron chi connectivity index (χ2n) is 8.35. The van der Waals surface area contributed by atoms with E-state index in [1.807, 2.05) is 67.7 Å². The number of rotatable bonds is 7. The van der Waals surface area contributed by atoms with Crippen molar-refractivity contribution in [1.29, 1.82) is 0 Å². The molecule has 0 aliphatic rings. The fourth-order valence-corrected chi connectivity index (χ4v) is 4.19. The van der Waals surface area contributed by atoms with E-state index in [4.69, 9.17) is 4.98 Å². The minimum atomic E-state index is -0.277. The van der Waals surface area contributed by atoms with Gasteiger partial charge in [-0.3, -0.25) is 4.79 Å². The lowest BCUT2D eigenvalue weighted by Crippen LogP contribution is -2.34. The van der Waals surface area contributed by atoms with Gasteiger partial charge in [0.25, 0.3) is 0 Å². The van der Waals surface area contributed by atoms with Crippen LogP contribution in [0.4, 0.5) is 4.39 Å². The number of aromatic nitrogens is 3. The Kier molecular flexibility index (Phi) is 6.19. The third kappa shape index (κ3) is 4.34. The fraction of sp³-hybridized carbons (Fsp3) is 0.320. The Hall–Kier alpha value is -3.32. The zero-order valence-electron chi connectivity index (χ0n) is 18.9. The van der Waals surface area contributed by atoms with Gasteiger partial charge in [-0.15, -0.1) is 0 Å². The molecule has 7 heteroatoms. The molecule has 2 aromatic carbocycles. The van der Waals surface area contributed by atoms with Crippen LogP contribution in [0.15, 0.2) is 48.5 Å². The molecule has 0 spiro atoms. The van der Waals surface area contributed by atoms with Crippen molar-refractivity contribution in [2.45, 2.75) is 32.7 Å². The van der Waals surface area contributed by atoms with E-state index in [0.717, 1.165) is 39.1 Å². The predicted octanol–water partition coefficient (Wildman–Crippen LogP) is 3.99. The van der Waals surface area contributed by atoms with Crippen LogP contribution >= 0.6 is 0 Å². The van der Waals surface area contributed by atoms with E-state index in [-0.39, 0.29) is 17.8 Å². The van der Waals surface area contributed by atoms with Crippen molar-refractivity contribution in [1.82, 2.24) is 24.8 Å². The molecular weight excluding hydrogens is 405 g/mol. The highest BCUT2D eigenvalue weighted by Crippen LogP contribution is 2.23. The average molecular weight is 434 g/mol. The van der Waals surface area contributed by atoms with E-state index < -0.39 is 0 Å². The van der Waals surface area contributed by atoms with Crippen molar-refractivity contribution in [3.8, 4) is 0 Å². The first-order valence-corrected chi connectivity index (χ1v) is 10.8. The quantitative estimate of drug-likeness (QED) is 0.479. The minimum Gasteiger partial charge on any atom is -0.354 e. The highest BCUT2D eigenvalue weighted by Gasteiger charge is 2.18. The first-order valence-electron chi connectivity index (χ1n) is 10.8. The molecule has 166 valence electrons. The summed E-state index contributed by atoms with van der Waals surface area (Å²) in [5.74, 6) is -0.321. The number of fused-ring (bicyclic) bond motifs is 3. The molecule has 0 bridgehead atoms. The monoisotopic (exact) mass is 433 g/mol. The van der Waals surface area contributed by atoms with Crippen molar-refractivity contribution in [3.63, 3.8) is 0 Å². The number of benzene rings is 2. The molecule has 0 aliphatic heterocycles. The molecule has 2 heterocycles. The van der Waals surface area contributed by atoms with E-state index in [2.05, 4.69) is 10.4 Å². The molecule has 0 saturated carbocycles. The minimum absolute atomic E-state index is 0.0437. The third-order valence-corrected chi connectivity index (χ3v) is 5.97. The van der Waals surface area contributed by atoms with Gasteiger partial charge in [-0.1, -0.05) is 24.3 Å². The average Bonchev–Trinajstić information content (AvgIpc) is 3.12. The van der Waals surface area contributed by atoms with Gasteiger partial charge in [0.2, 0.25) is 5.91 Å². The van der Waals surface area contributed by atoms with Gasteiger partial charge in [0.15, 0.2) is 5.65 Å². The normalized spacial score (nSPS) is 12.6. The Labute approximate surface area is 187 Å². The maximum Gasteiger partial charge on any atom is 0.220 e.